The van der Waals surface area contributed by atoms with Gasteiger partial charge in [-0.15, -0.1) is 0 Å². The lowest BCUT2D eigenvalue weighted by Gasteiger charge is -2.24. The second-order valence-corrected chi connectivity index (χ2v) is 5.68. The number of nitrogens with zero attached hydrogens (tertiary/aromatic N) is 2. The van der Waals surface area contributed by atoms with Crippen molar-refractivity contribution in [3.05, 3.63) is 24.2 Å². The Morgan fingerprint density at radius 1 is 1.39 bits per heavy atom. The monoisotopic (exact) mass is 246 g/mol. The minimum Gasteiger partial charge on any atom is -0.387 e. The van der Waals surface area contributed by atoms with Gasteiger partial charge in [0, 0.05) is 28.7 Å². The molecule has 5 heteroatoms. The van der Waals surface area contributed by atoms with Crippen molar-refractivity contribution < 1.29 is 5.11 Å². The molecule has 0 unspecified atom stereocenters. The summed E-state index contributed by atoms with van der Waals surface area (Å²) in [5.74, 6) is 0. The minimum absolute atomic E-state index is 0.0855. The molecule has 0 aliphatic carbocycles. The number of hydrogen-bond acceptors (Lipinski definition) is 4. The molecule has 3 heterocycles. The molecule has 3 rings (SSSR count). The molecule has 1 aliphatic rings. The van der Waals surface area contributed by atoms with E-state index in [0.29, 0.717) is 0 Å². The third-order valence-corrected chi connectivity index (χ3v) is 3.75. The lowest BCUT2D eigenvalue weighted by atomic mass is 9.99. The summed E-state index contributed by atoms with van der Waals surface area (Å²) in [6, 6.07) is 0.0855. The van der Waals surface area contributed by atoms with Gasteiger partial charge in [-0.2, -0.15) is 5.10 Å². The molecule has 0 radical (unpaired) electrons. The average Bonchev–Trinajstić information content (AvgIpc) is 2.93. The molecule has 2 atom stereocenters. The first kappa shape index (κ1) is 11.6. The fourth-order valence-electron chi connectivity index (χ4n) is 2.74. The Bertz CT molecular complexity index is 563. The van der Waals surface area contributed by atoms with Crippen LogP contribution in [0.5, 0.6) is 0 Å². The van der Waals surface area contributed by atoms with Gasteiger partial charge < -0.3 is 10.4 Å². The number of aliphatic hydroxyl groups excluding tert-OH is 1. The maximum Gasteiger partial charge on any atom is 0.0965 e. The van der Waals surface area contributed by atoms with Crippen LogP contribution < -0.4 is 5.32 Å². The van der Waals surface area contributed by atoms with Crippen LogP contribution in [0.1, 0.15) is 38.4 Å². The van der Waals surface area contributed by atoms with Gasteiger partial charge in [-0.05, 0) is 26.7 Å². The molecule has 0 saturated carbocycles. The summed E-state index contributed by atoms with van der Waals surface area (Å²) < 4.78 is 0. The minimum atomic E-state index is -0.541. The first-order chi connectivity index (χ1) is 8.57. The summed E-state index contributed by atoms with van der Waals surface area (Å²) in [5, 5.41) is 21.8. The van der Waals surface area contributed by atoms with Crippen LogP contribution in [0.3, 0.4) is 0 Å². The Morgan fingerprint density at radius 3 is 2.94 bits per heavy atom. The molecule has 0 amide bonds. The summed E-state index contributed by atoms with van der Waals surface area (Å²) >= 11 is 0. The predicted octanol–water partition coefficient (Wildman–Crippen LogP) is 1.52. The lowest BCUT2D eigenvalue weighted by Crippen LogP contribution is -2.40. The number of hydrogen-bond donors (Lipinski definition) is 3. The van der Waals surface area contributed by atoms with Gasteiger partial charge in [0.25, 0.3) is 0 Å². The van der Waals surface area contributed by atoms with Gasteiger partial charge in [0.2, 0.25) is 0 Å². The van der Waals surface area contributed by atoms with Crippen molar-refractivity contribution >= 4 is 10.9 Å². The van der Waals surface area contributed by atoms with Gasteiger partial charge in [-0.3, -0.25) is 10.1 Å². The van der Waals surface area contributed by atoms with Crippen molar-refractivity contribution in [2.24, 2.45) is 0 Å². The maximum absolute atomic E-state index is 10.5. The average molecular weight is 246 g/mol. The van der Waals surface area contributed by atoms with E-state index < -0.39 is 6.10 Å². The zero-order chi connectivity index (χ0) is 12.8. The summed E-state index contributed by atoms with van der Waals surface area (Å²) in [6.45, 7) is 4.33. The van der Waals surface area contributed by atoms with E-state index in [2.05, 4.69) is 34.3 Å². The Morgan fingerprint density at radius 2 is 2.22 bits per heavy atom. The highest BCUT2D eigenvalue weighted by Gasteiger charge is 2.35. The Balaban J connectivity index is 1.93. The normalized spacial score (nSPS) is 24.5. The highest BCUT2D eigenvalue weighted by molar-refractivity contribution is 5.80. The number of pyridine rings is 1. The van der Waals surface area contributed by atoms with Crippen LogP contribution in [-0.2, 0) is 0 Å². The molecule has 18 heavy (non-hydrogen) atoms. The Kier molecular flexibility index (Phi) is 2.60. The summed E-state index contributed by atoms with van der Waals surface area (Å²) in [7, 11) is 0. The van der Waals surface area contributed by atoms with Crippen molar-refractivity contribution in [1.29, 1.82) is 0 Å². The van der Waals surface area contributed by atoms with Gasteiger partial charge in [-0.25, -0.2) is 0 Å². The summed E-state index contributed by atoms with van der Waals surface area (Å²) in [6.07, 6.45) is 6.71. The van der Waals surface area contributed by atoms with Crippen molar-refractivity contribution in [2.75, 3.05) is 0 Å². The van der Waals surface area contributed by atoms with Crippen molar-refractivity contribution in [3.8, 4) is 0 Å². The van der Waals surface area contributed by atoms with E-state index in [1.165, 1.54) is 0 Å². The summed E-state index contributed by atoms with van der Waals surface area (Å²) in [5.41, 5.74) is 1.81. The number of fused-ring (bicyclic) bond motifs is 1. The highest BCUT2D eigenvalue weighted by Crippen LogP contribution is 2.32. The SMILES string of the molecule is CC1(C)CC[C@@H]([C@H](O)c2cncc3[nH]ncc23)N1. The Hall–Kier alpha value is -1.46. The lowest BCUT2D eigenvalue weighted by molar-refractivity contribution is 0.132. The third kappa shape index (κ3) is 1.89. The third-order valence-electron chi connectivity index (χ3n) is 3.75. The molecule has 5 nitrogen and oxygen atoms in total. The fourth-order valence-corrected chi connectivity index (χ4v) is 2.74. The molecule has 2 aromatic heterocycles. The second-order valence-electron chi connectivity index (χ2n) is 5.68. The van der Waals surface area contributed by atoms with E-state index in [1.54, 1.807) is 18.6 Å². The largest absolute Gasteiger partial charge is 0.387 e. The van der Waals surface area contributed by atoms with E-state index in [4.69, 9.17) is 0 Å². The molecule has 0 spiro atoms. The van der Waals surface area contributed by atoms with Crippen LogP contribution in [0.2, 0.25) is 0 Å². The van der Waals surface area contributed by atoms with Crippen molar-refractivity contribution in [2.45, 2.75) is 44.4 Å². The van der Waals surface area contributed by atoms with Crippen molar-refractivity contribution in [3.63, 3.8) is 0 Å². The van der Waals surface area contributed by atoms with Crippen LogP contribution in [0.15, 0.2) is 18.6 Å². The zero-order valence-corrected chi connectivity index (χ0v) is 10.6. The van der Waals surface area contributed by atoms with Crippen LogP contribution in [0, 0.1) is 0 Å². The fraction of sp³-hybridized carbons (Fsp3) is 0.538. The first-order valence-corrected chi connectivity index (χ1v) is 6.29. The van der Waals surface area contributed by atoms with E-state index in [9.17, 15) is 5.11 Å². The zero-order valence-electron chi connectivity index (χ0n) is 10.6. The molecular weight excluding hydrogens is 228 g/mol. The molecule has 1 fully saturated rings. The molecule has 96 valence electrons. The van der Waals surface area contributed by atoms with Gasteiger partial charge in [-0.1, -0.05) is 0 Å². The number of H-pyrrole nitrogens is 1. The topological polar surface area (TPSA) is 73.8 Å². The van der Waals surface area contributed by atoms with Gasteiger partial charge in [0.1, 0.15) is 0 Å². The van der Waals surface area contributed by atoms with Crippen LogP contribution >= 0.6 is 0 Å². The molecular formula is C13H18N4O. The van der Waals surface area contributed by atoms with Crippen LogP contribution in [0.25, 0.3) is 10.9 Å². The molecule has 2 aromatic rings. The van der Waals surface area contributed by atoms with E-state index in [1.807, 2.05) is 0 Å². The van der Waals surface area contributed by atoms with E-state index >= 15 is 0 Å². The van der Waals surface area contributed by atoms with E-state index in [-0.39, 0.29) is 11.6 Å². The first-order valence-electron chi connectivity index (χ1n) is 6.29. The molecule has 1 saturated heterocycles. The quantitative estimate of drug-likeness (QED) is 0.751. The molecule has 1 aliphatic heterocycles. The second kappa shape index (κ2) is 4.03. The smallest absolute Gasteiger partial charge is 0.0965 e. The van der Waals surface area contributed by atoms with Gasteiger partial charge in [0.05, 0.1) is 24.0 Å². The predicted molar refractivity (Wildman–Crippen MR) is 69.1 cm³/mol. The number of aromatic amines is 1. The molecule has 0 aromatic carbocycles. The number of rotatable bonds is 2. The molecule has 3 N–H and O–H groups in total. The molecule has 0 bridgehead atoms. The standard InChI is InChI=1S/C13H18N4O/c1-13(2)4-3-10(16-13)12(18)9-5-14-7-11-8(9)6-15-17-11/h5-7,10,12,16,18H,3-4H2,1-2H3,(H,15,17)/t10-,12+/m0/s1. The van der Waals surface area contributed by atoms with Crippen molar-refractivity contribution in [1.82, 2.24) is 20.5 Å². The van der Waals surface area contributed by atoms with Gasteiger partial charge in [0.15, 0.2) is 0 Å². The maximum atomic E-state index is 10.5. The highest BCUT2D eigenvalue weighted by atomic mass is 16.3. The number of aliphatic hydroxyl groups is 1. The van der Waals surface area contributed by atoms with Crippen LogP contribution in [0.4, 0.5) is 0 Å². The number of nitrogens with one attached hydrogen (secondary N) is 2. The number of aromatic nitrogens is 3. The Labute approximate surface area is 106 Å². The van der Waals surface area contributed by atoms with Crippen LogP contribution in [-0.4, -0.2) is 31.9 Å². The van der Waals surface area contributed by atoms with Gasteiger partial charge >= 0.3 is 0 Å². The van der Waals surface area contributed by atoms with E-state index in [0.717, 1.165) is 29.3 Å². The summed E-state index contributed by atoms with van der Waals surface area (Å²) in [4.78, 5) is 4.15.